The number of rotatable bonds is 10. The highest BCUT2D eigenvalue weighted by Crippen LogP contribution is 2.23. The van der Waals surface area contributed by atoms with Gasteiger partial charge in [-0.3, -0.25) is 0 Å². The van der Waals surface area contributed by atoms with Crippen molar-refractivity contribution >= 4 is 0 Å². The maximum absolute atomic E-state index is 12.1. The molecule has 0 spiro atoms. The van der Waals surface area contributed by atoms with E-state index in [-0.39, 0.29) is 11.8 Å². The molecule has 1 rings (SSSR count). The van der Waals surface area contributed by atoms with Crippen molar-refractivity contribution in [3.05, 3.63) is 29.8 Å². The fraction of sp³-hybridized carbons (Fsp3) is 0.625. The van der Waals surface area contributed by atoms with Crippen LogP contribution < -0.4 is 10.1 Å². The maximum atomic E-state index is 12.1. The average Bonchev–Trinajstić information content (AvgIpc) is 2.43. The zero-order valence-electron chi connectivity index (χ0n) is 12.4. The number of alkyl halides is 2. The topological polar surface area (TPSA) is 21.3 Å². The first-order chi connectivity index (χ1) is 9.67. The number of nitrogens with one attached hydrogen (secondary N) is 1. The van der Waals surface area contributed by atoms with Gasteiger partial charge in [0.05, 0.1) is 0 Å². The van der Waals surface area contributed by atoms with Crippen LogP contribution in [0.15, 0.2) is 24.3 Å². The van der Waals surface area contributed by atoms with Crippen LogP contribution >= 0.6 is 0 Å². The molecule has 1 unspecified atom stereocenters. The third-order valence-corrected chi connectivity index (χ3v) is 3.30. The number of halogens is 2. The fourth-order valence-corrected chi connectivity index (χ4v) is 2.29. The summed E-state index contributed by atoms with van der Waals surface area (Å²) in [6, 6.07) is 7.24. The predicted molar refractivity (Wildman–Crippen MR) is 78.3 cm³/mol. The van der Waals surface area contributed by atoms with Crippen molar-refractivity contribution in [2.75, 3.05) is 6.54 Å². The van der Waals surface area contributed by atoms with Gasteiger partial charge in [-0.2, -0.15) is 8.78 Å². The van der Waals surface area contributed by atoms with E-state index in [2.05, 4.69) is 23.9 Å². The number of ether oxygens (including phenoxy) is 1. The molecule has 2 nitrogen and oxygen atoms in total. The van der Waals surface area contributed by atoms with Crippen LogP contribution in [0.4, 0.5) is 8.78 Å². The molecule has 0 saturated carbocycles. The van der Waals surface area contributed by atoms with Crippen LogP contribution in [0, 0.1) is 0 Å². The van der Waals surface area contributed by atoms with E-state index in [1.54, 1.807) is 12.1 Å². The molecule has 0 aliphatic heterocycles. The lowest BCUT2D eigenvalue weighted by molar-refractivity contribution is -0.0498. The van der Waals surface area contributed by atoms with Gasteiger partial charge in [-0.05, 0) is 30.7 Å². The third kappa shape index (κ3) is 6.33. The first kappa shape index (κ1) is 16.9. The molecule has 20 heavy (non-hydrogen) atoms. The van der Waals surface area contributed by atoms with Gasteiger partial charge in [-0.1, -0.05) is 51.7 Å². The second kappa shape index (κ2) is 9.70. The van der Waals surface area contributed by atoms with Crippen LogP contribution in [0.5, 0.6) is 5.75 Å². The van der Waals surface area contributed by atoms with E-state index >= 15 is 0 Å². The molecule has 1 atom stereocenters. The van der Waals surface area contributed by atoms with Gasteiger partial charge >= 0.3 is 6.61 Å². The van der Waals surface area contributed by atoms with Crippen molar-refractivity contribution in [2.24, 2.45) is 0 Å². The molecule has 0 bridgehead atoms. The lowest BCUT2D eigenvalue weighted by atomic mass is 10.00. The molecule has 0 aromatic heterocycles. The summed E-state index contributed by atoms with van der Waals surface area (Å²) < 4.78 is 28.6. The Hall–Kier alpha value is -1.16. The lowest BCUT2D eigenvalue weighted by Crippen LogP contribution is -2.20. The molecule has 0 heterocycles. The Bertz CT molecular complexity index is 354. The molecule has 114 valence electrons. The van der Waals surface area contributed by atoms with Gasteiger partial charge in [0.15, 0.2) is 0 Å². The van der Waals surface area contributed by atoms with Gasteiger partial charge in [0.1, 0.15) is 5.75 Å². The molecule has 0 amide bonds. The van der Waals surface area contributed by atoms with Crippen molar-refractivity contribution in [2.45, 2.75) is 58.6 Å². The molecule has 0 aliphatic rings. The second-order valence-electron chi connectivity index (χ2n) is 4.91. The van der Waals surface area contributed by atoms with Crippen LogP contribution in [0.25, 0.3) is 0 Å². The van der Waals surface area contributed by atoms with E-state index < -0.39 is 6.61 Å². The normalized spacial score (nSPS) is 12.7. The van der Waals surface area contributed by atoms with Crippen LogP contribution in [-0.2, 0) is 0 Å². The molecule has 1 aromatic carbocycles. The third-order valence-electron chi connectivity index (χ3n) is 3.30. The number of benzene rings is 1. The molecule has 0 saturated heterocycles. The summed E-state index contributed by atoms with van der Waals surface area (Å²) in [4.78, 5) is 0. The van der Waals surface area contributed by atoms with Crippen LogP contribution in [0.1, 0.15) is 57.6 Å². The van der Waals surface area contributed by atoms with Crippen LogP contribution in [0.2, 0.25) is 0 Å². The predicted octanol–water partition coefficient (Wildman–Crippen LogP) is 4.91. The molecule has 4 heteroatoms. The summed E-state index contributed by atoms with van der Waals surface area (Å²) in [6.07, 6.45) is 5.99. The van der Waals surface area contributed by atoms with Gasteiger partial charge in [-0.15, -0.1) is 0 Å². The Morgan fingerprint density at radius 2 is 1.75 bits per heavy atom. The van der Waals surface area contributed by atoms with Crippen molar-refractivity contribution in [1.82, 2.24) is 5.32 Å². The number of unbranched alkanes of at least 4 members (excludes halogenated alkanes) is 3. The summed E-state index contributed by atoms with van der Waals surface area (Å²) in [6.45, 7) is 2.41. The zero-order chi connectivity index (χ0) is 14.8. The van der Waals surface area contributed by atoms with Gasteiger partial charge < -0.3 is 10.1 Å². The Balaban J connectivity index is 2.56. The Morgan fingerprint density at radius 3 is 2.30 bits per heavy atom. The summed E-state index contributed by atoms with van der Waals surface area (Å²) >= 11 is 0. The first-order valence-corrected chi connectivity index (χ1v) is 7.45. The monoisotopic (exact) mass is 285 g/mol. The largest absolute Gasteiger partial charge is 0.435 e. The average molecular weight is 285 g/mol. The standard InChI is InChI=1S/C16H25F2NO/c1-3-5-6-7-8-15(19-4-2)13-9-11-14(12-10-13)20-16(17)18/h9-12,15-16,19H,3-8H2,1-2H3. The van der Waals surface area contributed by atoms with Crippen molar-refractivity contribution < 1.29 is 13.5 Å². The number of hydrogen-bond acceptors (Lipinski definition) is 2. The number of hydrogen-bond donors (Lipinski definition) is 1. The van der Waals surface area contributed by atoms with Gasteiger partial charge in [0, 0.05) is 6.04 Å². The molecular formula is C16H25F2NO. The molecule has 0 aliphatic carbocycles. The minimum Gasteiger partial charge on any atom is -0.435 e. The SMILES string of the molecule is CCCCCCC(NCC)c1ccc(OC(F)F)cc1. The first-order valence-electron chi connectivity index (χ1n) is 7.45. The molecule has 0 radical (unpaired) electrons. The smallest absolute Gasteiger partial charge is 0.387 e. The van der Waals surface area contributed by atoms with Gasteiger partial charge in [0.2, 0.25) is 0 Å². The summed E-state index contributed by atoms with van der Waals surface area (Å²) in [7, 11) is 0. The van der Waals surface area contributed by atoms with Crippen molar-refractivity contribution in [3.8, 4) is 5.75 Å². The zero-order valence-corrected chi connectivity index (χ0v) is 12.4. The Kier molecular flexibility index (Phi) is 8.19. The Labute approximate surface area is 120 Å². The highest BCUT2D eigenvalue weighted by atomic mass is 19.3. The van der Waals surface area contributed by atoms with E-state index in [1.165, 1.54) is 25.7 Å². The minimum absolute atomic E-state index is 0.213. The van der Waals surface area contributed by atoms with E-state index in [1.807, 2.05) is 12.1 Å². The molecule has 0 fully saturated rings. The summed E-state index contributed by atoms with van der Waals surface area (Å²) in [5.74, 6) is 0.213. The van der Waals surface area contributed by atoms with E-state index in [0.717, 1.165) is 18.5 Å². The molecular weight excluding hydrogens is 260 g/mol. The molecule has 1 N–H and O–H groups in total. The van der Waals surface area contributed by atoms with E-state index in [9.17, 15) is 8.78 Å². The summed E-state index contributed by atoms with van der Waals surface area (Å²) in [5.41, 5.74) is 1.13. The van der Waals surface area contributed by atoms with E-state index in [0.29, 0.717) is 0 Å². The molecule has 1 aromatic rings. The highest BCUT2D eigenvalue weighted by molar-refractivity contribution is 5.29. The van der Waals surface area contributed by atoms with Crippen molar-refractivity contribution in [1.29, 1.82) is 0 Å². The second-order valence-corrected chi connectivity index (χ2v) is 4.91. The quantitative estimate of drug-likeness (QED) is 0.617. The maximum Gasteiger partial charge on any atom is 0.387 e. The van der Waals surface area contributed by atoms with Crippen LogP contribution in [0.3, 0.4) is 0 Å². The van der Waals surface area contributed by atoms with Gasteiger partial charge in [-0.25, -0.2) is 0 Å². The summed E-state index contributed by atoms with van der Waals surface area (Å²) in [5, 5.41) is 3.45. The minimum atomic E-state index is -2.76. The van der Waals surface area contributed by atoms with Crippen LogP contribution in [-0.4, -0.2) is 13.2 Å². The lowest BCUT2D eigenvalue weighted by Gasteiger charge is -2.18. The van der Waals surface area contributed by atoms with Gasteiger partial charge in [0.25, 0.3) is 0 Å². The highest BCUT2D eigenvalue weighted by Gasteiger charge is 2.11. The van der Waals surface area contributed by atoms with E-state index in [4.69, 9.17) is 0 Å². The Morgan fingerprint density at radius 1 is 1.05 bits per heavy atom. The van der Waals surface area contributed by atoms with Crippen molar-refractivity contribution in [3.63, 3.8) is 0 Å². The fourth-order valence-electron chi connectivity index (χ4n) is 2.29.